The molecule has 194 valence electrons. The first kappa shape index (κ1) is 25.4. The molecule has 5 rings (SSSR count). The number of likely N-dealkylation sites (N-methyl/N-ethyl adjacent to an activating group) is 1. The van der Waals surface area contributed by atoms with Gasteiger partial charge in [0, 0.05) is 68.8 Å². The highest BCUT2D eigenvalue weighted by Crippen LogP contribution is 2.34. The van der Waals surface area contributed by atoms with E-state index < -0.39 is 17.6 Å². The summed E-state index contributed by atoms with van der Waals surface area (Å²) in [5.41, 5.74) is 0.750. The van der Waals surface area contributed by atoms with Gasteiger partial charge in [0.05, 0.1) is 17.3 Å². The Morgan fingerprint density at radius 3 is 2.66 bits per heavy atom. The summed E-state index contributed by atoms with van der Waals surface area (Å²) in [6.45, 7) is 3.22. The number of benzene rings is 1. The Kier molecular flexibility index (Phi) is 7.09. The van der Waals surface area contributed by atoms with E-state index in [0.717, 1.165) is 19.2 Å². The van der Waals surface area contributed by atoms with Gasteiger partial charge in [-0.1, -0.05) is 12.0 Å². The van der Waals surface area contributed by atoms with Crippen LogP contribution >= 0.6 is 0 Å². The van der Waals surface area contributed by atoms with Crippen molar-refractivity contribution in [2.45, 2.75) is 12.7 Å². The van der Waals surface area contributed by atoms with Gasteiger partial charge in [0.1, 0.15) is 0 Å². The van der Waals surface area contributed by atoms with Crippen LogP contribution in [0.2, 0.25) is 0 Å². The first-order valence-electron chi connectivity index (χ1n) is 11.9. The summed E-state index contributed by atoms with van der Waals surface area (Å²) < 4.78 is 43.4. The Bertz CT molecular complexity index is 1530. The number of fused-ring (bicyclic) bond motifs is 1. The van der Waals surface area contributed by atoms with Crippen LogP contribution in [0, 0.1) is 11.8 Å². The van der Waals surface area contributed by atoms with Gasteiger partial charge in [-0.2, -0.15) is 13.2 Å². The van der Waals surface area contributed by atoms with Crippen molar-refractivity contribution in [3.63, 3.8) is 0 Å². The molecule has 1 amide bonds. The molecule has 0 radical (unpaired) electrons. The lowest BCUT2D eigenvalue weighted by molar-refractivity contribution is -0.138. The minimum atomic E-state index is -4.55. The number of rotatable bonds is 4. The minimum absolute atomic E-state index is 0.0531. The number of alkyl halides is 3. The quantitative estimate of drug-likeness (QED) is 0.416. The summed E-state index contributed by atoms with van der Waals surface area (Å²) in [5.74, 6) is 5.73. The number of aromatic nitrogens is 4. The largest absolute Gasteiger partial charge is 0.416 e. The van der Waals surface area contributed by atoms with Crippen LogP contribution in [0.25, 0.3) is 5.65 Å². The lowest BCUT2D eigenvalue weighted by atomic mass is 10.0. The van der Waals surface area contributed by atoms with Crippen molar-refractivity contribution >= 4 is 17.2 Å². The number of piperazine rings is 1. The highest BCUT2D eigenvalue weighted by Gasteiger charge is 2.34. The van der Waals surface area contributed by atoms with Crippen molar-refractivity contribution in [2.75, 3.05) is 38.5 Å². The smallest absolute Gasteiger partial charge is 0.322 e. The average Bonchev–Trinajstić information content (AvgIpc) is 3.32. The number of carbonyl (C=O) groups is 1. The molecule has 1 saturated heterocycles. The van der Waals surface area contributed by atoms with E-state index in [9.17, 15) is 18.0 Å². The maximum atomic E-state index is 13.9. The van der Waals surface area contributed by atoms with E-state index in [1.54, 1.807) is 29.1 Å². The van der Waals surface area contributed by atoms with E-state index in [0.29, 0.717) is 30.1 Å². The number of imidazole rings is 1. The van der Waals surface area contributed by atoms with Gasteiger partial charge in [0.2, 0.25) is 0 Å². The van der Waals surface area contributed by atoms with Gasteiger partial charge >= 0.3 is 6.18 Å². The maximum absolute atomic E-state index is 13.9. The van der Waals surface area contributed by atoms with Gasteiger partial charge in [-0.05, 0) is 42.8 Å². The van der Waals surface area contributed by atoms with Crippen molar-refractivity contribution in [1.82, 2.24) is 29.2 Å². The number of anilines is 1. The molecule has 1 aliphatic heterocycles. The number of nitrogens with one attached hydrogen (secondary N) is 1. The van der Waals surface area contributed by atoms with Gasteiger partial charge in [-0.15, -0.1) is 0 Å². The lowest BCUT2D eigenvalue weighted by Gasteiger charge is -2.33. The molecule has 8 nitrogen and oxygen atoms in total. The summed E-state index contributed by atoms with van der Waals surface area (Å²) in [4.78, 5) is 29.5. The number of halogens is 3. The van der Waals surface area contributed by atoms with E-state index in [-0.39, 0.29) is 23.4 Å². The summed E-state index contributed by atoms with van der Waals surface area (Å²) in [6, 6.07) is 7.19. The molecule has 0 unspecified atom stereocenters. The number of hydrogen-bond acceptors (Lipinski definition) is 6. The third-order valence-electron chi connectivity index (χ3n) is 6.29. The van der Waals surface area contributed by atoms with E-state index >= 15 is 0 Å². The van der Waals surface area contributed by atoms with Crippen LogP contribution in [-0.4, -0.2) is 68.3 Å². The zero-order valence-electron chi connectivity index (χ0n) is 20.5. The van der Waals surface area contributed by atoms with Gasteiger partial charge < -0.3 is 10.2 Å². The van der Waals surface area contributed by atoms with Crippen molar-refractivity contribution in [3.8, 4) is 11.8 Å². The molecular weight excluding hydrogens is 495 g/mol. The molecule has 11 heteroatoms. The van der Waals surface area contributed by atoms with Crippen molar-refractivity contribution in [3.05, 3.63) is 89.4 Å². The van der Waals surface area contributed by atoms with Crippen molar-refractivity contribution in [1.29, 1.82) is 0 Å². The fourth-order valence-electron chi connectivity index (χ4n) is 4.20. The molecule has 0 saturated carbocycles. The summed E-state index contributed by atoms with van der Waals surface area (Å²) in [5, 5.41) is 2.56. The minimum Gasteiger partial charge on any atom is -0.322 e. The molecule has 0 spiro atoms. The Labute approximate surface area is 217 Å². The lowest BCUT2D eigenvalue weighted by Crippen LogP contribution is -2.44. The Morgan fingerprint density at radius 2 is 1.87 bits per heavy atom. The third kappa shape index (κ3) is 5.82. The predicted octanol–water partition coefficient (Wildman–Crippen LogP) is 3.54. The maximum Gasteiger partial charge on any atom is 0.416 e. The SMILES string of the molecule is CN1CCN(Cc2ccc(NC(=O)c3cncc(C#Cc4ncc5ncccn45)c3)cc2C(F)(F)F)CC1. The first-order chi connectivity index (χ1) is 18.3. The number of pyridine rings is 1. The van der Waals surface area contributed by atoms with Crippen LogP contribution in [0.5, 0.6) is 0 Å². The number of hydrogen-bond donors (Lipinski definition) is 1. The molecule has 0 bridgehead atoms. The van der Waals surface area contributed by atoms with E-state index in [2.05, 4.69) is 37.0 Å². The second-order valence-electron chi connectivity index (χ2n) is 9.05. The summed E-state index contributed by atoms with van der Waals surface area (Å²) >= 11 is 0. The molecule has 4 heterocycles. The standard InChI is InChI=1S/C27H24F3N7O/c1-35-9-11-36(12-10-35)18-20-4-5-22(14-23(20)27(28,29)30)34-26(38)21-13-19(15-31-16-21)3-6-24-33-17-25-32-7-2-8-37(24)25/h2,4-5,7-8,13-17H,9-12,18H2,1H3,(H,34,38). The summed E-state index contributed by atoms with van der Waals surface area (Å²) in [6.07, 6.45) is 3.31. The molecular formula is C27H24F3N7O. The molecule has 38 heavy (non-hydrogen) atoms. The third-order valence-corrected chi connectivity index (χ3v) is 6.29. The molecule has 4 aromatic rings. The fourth-order valence-corrected chi connectivity index (χ4v) is 4.20. The molecule has 0 aliphatic carbocycles. The molecule has 0 atom stereocenters. The second kappa shape index (κ2) is 10.6. The van der Waals surface area contributed by atoms with Gasteiger partial charge in [0.15, 0.2) is 11.5 Å². The highest BCUT2D eigenvalue weighted by atomic mass is 19.4. The number of amides is 1. The number of carbonyl (C=O) groups excluding carboxylic acids is 1. The van der Waals surface area contributed by atoms with Gasteiger partial charge in [-0.25, -0.2) is 9.97 Å². The fraction of sp³-hybridized carbons (Fsp3) is 0.259. The van der Waals surface area contributed by atoms with Crippen LogP contribution in [0.1, 0.15) is 32.9 Å². The average molecular weight is 520 g/mol. The predicted molar refractivity (Wildman–Crippen MR) is 135 cm³/mol. The Hall–Kier alpha value is -4.27. The monoisotopic (exact) mass is 519 g/mol. The molecule has 3 aromatic heterocycles. The van der Waals surface area contributed by atoms with Gasteiger partial charge in [-0.3, -0.25) is 19.1 Å². The molecule has 1 fully saturated rings. The Morgan fingerprint density at radius 1 is 1.05 bits per heavy atom. The summed E-state index contributed by atoms with van der Waals surface area (Å²) in [7, 11) is 1.99. The molecule has 1 N–H and O–H groups in total. The first-order valence-corrected chi connectivity index (χ1v) is 11.9. The van der Waals surface area contributed by atoms with E-state index in [1.807, 2.05) is 11.9 Å². The van der Waals surface area contributed by atoms with Gasteiger partial charge in [0.25, 0.3) is 5.91 Å². The van der Waals surface area contributed by atoms with E-state index in [1.165, 1.54) is 30.6 Å². The van der Waals surface area contributed by atoms with Crippen LogP contribution in [0.4, 0.5) is 18.9 Å². The van der Waals surface area contributed by atoms with Crippen LogP contribution in [0.15, 0.2) is 61.3 Å². The number of nitrogens with zero attached hydrogens (tertiary/aromatic N) is 6. The topological polar surface area (TPSA) is 78.7 Å². The van der Waals surface area contributed by atoms with Crippen LogP contribution in [-0.2, 0) is 12.7 Å². The molecule has 1 aromatic carbocycles. The highest BCUT2D eigenvalue weighted by molar-refractivity contribution is 6.04. The molecule has 1 aliphatic rings. The van der Waals surface area contributed by atoms with E-state index in [4.69, 9.17) is 0 Å². The Balaban J connectivity index is 1.32. The van der Waals surface area contributed by atoms with Crippen LogP contribution in [0.3, 0.4) is 0 Å². The normalized spacial score (nSPS) is 14.7. The zero-order valence-corrected chi connectivity index (χ0v) is 20.5. The second-order valence-corrected chi connectivity index (χ2v) is 9.05. The van der Waals surface area contributed by atoms with Crippen molar-refractivity contribution < 1.29 is 18.0 Å². The zero-order chi connectivity index (χ0) is 26.7. The van der Waals surface area contributed by atoms with Crippen molar-refractivity contribution in [2.24, 2.45) is 0 Å². The van der Waals surface area contributed by atoms with Crippen LogP contribution < -0.4 is 5.32 Å².